The number of fused-ring (bicyclic) bond motifs is 1. The van der Waals surface area contributed by atoms with Gasteiger partial charge in [0.2, 0.25) is 11.8 Å². The quantitative estimate of drug-likeness (QED) is 0.777. The lowest BCUT2D eigenvalue weighted by Gasteiger charge is -2.25. The normalized spacial score (nSPS) is 18.8. The van der Waals surface area contributed by atoms with Gasteiger partial charge in [0, 0.05) is 51.4 Å². The fourth-order valence-electron chi connectivity index (χ4n) is 4.25. The summed E-state index contributed by atoms with van der Waals surface area (Å²) < 4.78 is 10.7. The first kappa shape index (κ1) is 20.1. The van der Waals surface area contributed by atoms with Crippen LogP contribution in [0, 0.1) is 5.92 Å². The first-order valence-electron chi connectivity index (χ1n) is 10.1. The summed E-state index contributed by atoms with van der Waals surface area (Å²) in [6, 6.07) is 13.5. The second kappa shape index (κ2) is 8.26. The zero-order valence-electron chi connectivity index (χ0n) is 17.6. The summed E-state index contributed by atoms with van der Waals surface area (Å²) in [7, 11) is 5.19. The van der Waals surface area contributed by atoms with Gasteiger partial charge in [0.1, 0.15) is 11.5 Å². The van der Waals surface area contributed by atoms with Crippen molar-refractivity contribution < 1.29 is 19.1 Å². The number of hydrogen-bond acceptors (Lipinski definition) is 5. The van der Waals surface area contributed by atoms with E-state index in [1.54, 1.807) is 37.3 Å². The molecule has 1 atom stereocenters. The molecule has 7 heteroatoms. The van der Waals surface area contributed by atoms with Crippen LogP contribution in [0.3, 0.4) is 0 Å². The van der Waals surface area contributed by atoms with Gasteiger partial charge < -0.3 is 24.2 Å². The number of methoxy groups -OCH3 is 2. The van der Waals surface area contributed by atoms with Crippen LogP contribution in [-0.4, -0.2) is 57.6 Å². The summed E-state index contributed by atoms with van der Waals surface area (Å²) in [5.74, 6) is 0.803. The van der Waals surface area contributed by atoms with Gasteiger partial charge >= 0.3 is 0 Å². The van der Waals surface area contributed by atoms with Gasteiger partial charge in [-0.25, -0.2) is 0 Å². The van der Waals surface area contributed by atoms with E-state index >= 15 is 0 Å². The molecule has 30 heavy (non-hydrogen) atoms. The predicted octanol–water partition coefficient (Wildman–Crippen LogP) is 2.54. The van der Waals surface area contributed by atoms with Crippen molar-refractivity contribution in [3.63, 3.8) is 0 Å². The molecule has 2 aromatic rings. The van der Waals surface area contributed by atoms with E-state index in [0.29, 0.717) is 36.8 Å². The minimum Gasteiger partial charge on any atom is -0.497 e. The summed E-state index contributed by atoms with van der Waals surface area (Å²) in [6.45, 7) is 2.30. The van der Waals surface area contributed by atoms with E-state index in [9.17, 15) is 9.59 Å². The highest BCUT2D eigenvalue weighted by atomic mass is 16.5. The van der Waals surface area contributed by atoms with Gasteiger partial charge in [0.05, 0.1) is 25.8 Å². The van der Waals surface area contributed by atoms with Gasteiger partial charge in [0.15, 0.2) is 0 Å². The van der Waals surface area contributed by atoms with Crippen LogP contribution in [0.4, 0.5) is 11.4 Å². The van der Waals surface area contributed by atoms with Crippen LogP contribution in [0.25, 0.3) is 0 Å². The molecule has 2 aromatic carbocycles. The Morgan fingerprint density at radius 1 is 1.03 bits per heavy atom. The van der Waals surface area contributed by atoms with E-state index in [1.165, 1.54) is 0 Å². The van der Waals surface area contributed by atoms with E-state index in [1.807, 2.05) is 24.1 Å². The minimum atomic E-state index is -0.371. The van der Waals surface area contributed by atoms with Gasteiger partial charge in [-0.05, 0) is 23.8 Å². The molecule has 0 aliphatic carbocycles. The molecule has 0 spiro atoms. The molecule has 7 nitrogen and oxygen atoms in total. The lowest BCUT2D eigenvalue weighted by molar-refractivity contribution is -0.136. The maximum atomic E-state index is 13.3. The Bertz CT molecular complexity index is 961. The van der Waals surface area contributed by atoms with Gasteiger partial charge in [-0.3, -0.25) is 9.59 Å². The fraction of sp³-hybridized carbons (Fsp3) is 0.391. The average molecular weight is 409 g/mol. The van der Waals surface area contributed by atoms with Crippen LogP contribution in [0.15, 0.2) is 42.5 Å². The molecule has 2 aliphatic heterocycles. The van der Waals surface area contributed by atoms with Crippen LogP contribution in [-0.2, 0) is 16.1 Å². The molecule has 0 N–H and O–H groups in total. The SMILES string of the molecule is COc1ccc(OC)c(N2CC(C(=O)N3CCN(C)c4ccccc4C3)CC2=O)c1. The van der Waals surface area contributed by atoms with E-state index in [0.717, 1.165) is 17.8 Å². The molecule has 1 fully saturated rings. The number of rotatable bonds is 4. The van der Waals surface area contributed by atoms with Gasteiger partial charge in [0.25, 0.3) is 0 Å². The number of anilines is 2. The number of para-hydroxylation sites is 1. The van der Waals surface area contributed by atoms with E-state index in [-0.39, 0.29) is 24.2 Å². The highest BCUT2D eigenvalue weighted by molar-refractivity contribution is 6.01. The average Bonchev–Trinajstić information content (AvgIpc) is 3.08. The minimum absolute atomic E-state index is 0.0258. The molecule has 4 rings (SSSR count). The van der Waals surface area contributed by atoms with Crippen molar-refractivity contribution in [3.05, 3.63) is 48.0 Å². The number of nitrogens with zero attached hydrogens (tertiary/aromatic N) is 3. The lowest BCUT2D eigenvalue weighted by Crippen LogP contribution is -2.39. The second-order valence-corrected chi connectivity index (χ2v) is 7.75. The van der Waals surface area contributed by atoms with E-state index < -0.39 is 0 Å². The number of carbonyl (C=O) groups is 2. The maximum absolute atomic E-state index is 13.3. The number of likely N-dealkylation sites (N-methyl/N-ethyl adjacent to an activating group) is 1. The molecule has 2 amide bonds. The molecule has 2 aliphatic rings. The van der Waals surface area contributed by atoms with Crippen LogP contribution in [0.1, 0.15) is 12.0 Å². The summed E-state index contributed by atoms with van der Waals surface area (Å²) in [6.07, 6.45) is 0.202. The van der Waals surface area contributed by atoms with Crippen LogP contribution in [0.2, 0.25) is 0 Å². The number of ether oxygens (including phenoxy) is 2. The van der Waals surface area contributed by atoms with Crippen LogP contribution < -0.4 is 19.3 Å². The summed E-state index contributed by atoms with van der Waals surface area (Å²) >= 11 is 0. The molecule has 0 aromatic heterocycles. The smallest absolute Gasteiger partial charge is 0.228 e. The number of carbonyl (C=O) groups excluding carboxylic acids is 2. The lowest BCUT2D eigenvalue weighted by atomic mass is 10.1. The molecule has 0 saturated carbocycles. The molecular weight excluding hydrogens is 382 g/mol. The molecular formula is C23H27N3O4. The van der Waals surface area contributed by atoms with Crippen molar-refractivity contribution in [2.75, 3.05) is 50.7 Å². The summed E-state index contributed by atoms with van der Waals surface area (Å²) in [4.78, 5) is 31.8. The third-order valence-corrected chi connectivity index (χ3v) is 5.93. The van der Waals surface area contributed by atoms with Crippen LogP contribution >= 0.6 is 0 Å². The second-order valence-electron chi connectivity index (χ2n) is 7.75. The van der Waals surface area contributed by atoms with Gasteiger partial charge in [-0.15, -0.1) is 0 Å². The predicted molar refractivity (Wildman–Crippen MR) is 115 cm³/mol. The molecule has 1 unspecified atom stereocenters. The third kappa shape index (κ3) is 3.67. The number of benzene rings is 2. The largest absolute Gasteiger partial charge is 0.497 e. The summed E-state index contributed by atoms with van der Waals surface area (Å²) in [5.41, 5.74) is 2.91. The van der Waals surface area contributed by atoms with Crippen molar-refractivity contribution >= 4 is 23.2 Å². The zero-order chi connectivity index (χ0) is 21.3. The Morgan fingerprint density at radius 2 is 1.83 bits per heavy atom. The van der Waals surface area contributed by atoms with Gasteiger partial charge in [-0.1, -0.05) is 18.2 Å². The Balaban J connectivity index is 1.54. The van der Waals surface area contributed by atoms with Crippen molar-refractivity contribution in [3.8, 4) is 11.5 Å². The Hall–Kier alpha value is -3.22. The third-order valence-electron chi connectivity index (χ3n) is 5.93. The van der Waals surface area contributed by atoms with Crippen molar-refractivity contribution in [1.82, 2.24) is 4.90 Å². The Kier molecular flexibility index (Phi) is 5.53. The standard InChI is InChI=1S/C23H27N3O4/c1-24-10-11-25(14-16-6-4-5-7-19(16)24)23(28)17-12-22(27)26(15-17)20-13-18(29-2)8-9-21(20)30-3/h4-9,13,17H,10-12,14-15H2,1-3H3. The topological polar surface area (TPSA) is 62.3 Å². The monoisotopic (exact) mass is 409 g/mol. The highest BCUT2D eigenvalue weighted by Crippen LogP contribution is 2.36. The number of amides is 2. The van der Waals surface area contributed by atoms with Crippen molar-refractivity contribution in [2.24, 2.45) is 5.92 Å². The molecule has 2 heterocycles. The number of hydrogen-bond donors (Lipinski definition) is 0. The Morgan fingerprint density at radius 3 is 2.60 bits per heavy atom. The zero-order valence-corrected chi connectivity index (χ0v) is 17.6. The Labute approximate surface area is 176 Å². The molecule has 0 radical (unpaired) electrons. The van der Waals surface area contributed by atoms with E-state index in [4.69, 9.17) is 9.47 Å². The van der Waals surface area contributed by atoms with Gasteiger partial charge in [-0.2, -0.15) is 0 Å². The first-order chi connectivity index (χ1) is 14.5. The van der Waals surface area contributed by atoms with E-state index in [2.05, 4.69) is 17.0 Å². The first-order valence-corrected chi connectivity index (χ1v) is 10.1. The molecule has 0 bridgehead atoms. The maximum Gasteiger partial charge on any atom is 0.228 e. The summed E-state index contributed by atoms with van der Waals surface area (Å²) in [5, 5.41) is 0. The molecule has 1 saturated heterocycles. The van der Waals surface area contributed by atoms with Crippen molar-refractivity contribution in [2.45, 2.75) is 13.0 Å². The van der Waals surface area contributed by atoms with Crippen LogP contribution in [0.5, 0.6) is 11.5 Å². The fourth-order valence-corrected chi connectivity index (χ4v) is 4.25. The molecule has 158 valence electrons. The highest BCUT2D eigenvalue weighted by Gasteiger charge is 2.39. The van der Waals surface area contributed by atoms with Crippen molar-refractivity contribution in [1.29, 1.82) is 0 Å².